The second-order valence-corrected chi connectivity index (χ2v) is 6.57. The van der Waals surface area contributed by atoms with E-state index in [2.05, 4.69) is 20.6 Å². The highest BCUT2D eigenvalue weighted by atomic mass is 19.4. The summed E-state index contributed by atoms with van der Waals surface area (Å²) >= 11 is 0. The van der Waals surface area contributed by atoms with E-state index in [1.807, 2.05) is 0 Å². The summed E-state index contributed by atoms with van der Waals surface area (Å²) in [5, 5.41) is 8.65. The van der Waals surface area contributed by atoms with E-state index >= 15 is 0 Å². The molecule has 30 heavy (non-hydrogen) atoms. The van der Waals surface area contributed by atoms with E-state index in [-0.39, 0.29) is 0 Å². The SMILES string of the molecule is COC(=O)n1ncc2c(NC(=O)NN3CCc4cc(C(F)(F)F)ccc43)cccc21. The van der Waals surface area contributed by atoms with Crippen molar-refractivity contribution in [3.63, 3.8) is 0 Å². The van der Waals surface area contributed by atoms with Crippen molar-refractivity contribution in [2.45, 2.75) is 12.6 Å². The Balaban J connectivity index is 1.51. The number of fused-ring (bicyclic) bond motifs is 2. The van der Waals surface area contributed by atoms with E-state index in [0.29, 0.717) is 40.8 Å². The number of carbonyl (C=O) groups excluding carboxylic acids is 2. The van der Waals surface area contributed by atoms with Crippen LogP contribution in [0.15, 0.2) is 42.6 Å². The number of hydrogen-bond acceptors (Lipinski definition) is 5. The first-order valence-corrected chi connectivity index (χ1v) is 8.88. The van der Waals surface area contributed by atoms with Gasteiger partial charge in [0.15, 0.2) is 0 Å². The number of hydrazine groups is 1. The zero-order chi connectivity index (χ0) is 21.5. The molecule has 0 bridgehead atoms. The summed E-state index contributed by atoms with van der Waals surface area (Å²) in [5.74, 6) is 0. The van der Waals surface area contributed by atoms with Crippen LogP contribution in [-0.4, -0.2) is 35.6 Å². The monoisotopic (exact) mass is 419 g/mol. The van der Waals surface area contributed by atoms with Gasteiger partial charge in [0.2, 0.25) is 0 Å². The Bertz CT molecular complexity index is 1140. The molecule has 0 saturated heterocycles. The lowest BCUT2D eigenvalue weighted by Gasteiger charge is -2.21. The molecule has 0 aliphatic carbocycles. The van der Waals surface area contributed by atoms with Crippen LogP contribution in [-0.2, 0) is 17.3 Å². The zero-order valence-corrected chi connectivity index (χ0v) is 15.7. The third-order valence-electron chi connectivity index (χ3n) is 4.75. The number of nitrogens with zero attached hydrogens (tertiary/aromatic N) is 3. The Kier molecular flexibility index (Phi) is 4.72. The third kappa shape index (κ3) is 3.49. The molecule has 4 rings (SSSR count). The number of amides is 2. The summed E-state index contributed by atoms with van der Waals surface area (Å²) in [5.41, 5.74) is 3.78. The van der Waals surface area contributed by atoms with Crippen LogP contribution in [0.3, 0.4) is 0 Å². The van der Waals surface area contributed by atoms with Gasteiger partial charge in [0, 0.05) is 11.9 Å². The predicted molar refractivity (Wildman–Crippen MR) is 102 cm³/mol. The number of urea groups is 1. The minimum Gasteiger partial charge on any atom is -0.451 e. The molecule has 2 heterocycles. The average molecular weight is 419 g/mol. The number of ether oxygens (including phenoxy) is 1. The number of benzene rings is 2. The number of methoxy groups -OCH3 is 1. The smallest absolute Gasteiger partial charge is 0.434 e. The van der Waals surface area contributed by atoms with Crippen molar-refractivity contribution in [2.75, 3.05) is 24.0 Å². The van der Waals surface area contributed by atoms with Crippen LogP contribution in [0.4, 0.5) is 34.1 Å². The van der Waals surface area contributed by atoms with E-state index in [4.69, 9.17) is 0 Å². The minimum atomic E-state index is -4.42. The summed E-state index contributed by atoms with van der Waals surface area (Å²) in [4.78, 5) is 24.2. The number of rotatable bonds is 2. The van der Waals surface area contributed by atoms with E-state index in [1.54, 1.807) is 18.2 Å². The number of nitrogens with one attached hydrogen (secondary N) is 2. The summed E-state index contributed by atoms with van der Waals surface area (Å²) < 4.78 is 44.4. The van der Waals surface area contributed by atoms with Crippen molar-refractivity contribution in [3.05, 3.63) is 53.7 Å². The Labute approximate surface area is 168 Å². The number of aromatic nitrogens is 2. The molecule has 2 amide bonds. The quantitative estimate of drug-likeness (QED) is 0.660. The van der Waals surface area contributed by atoms with Crippen LogP contribution in [0, 0.1) is 0 Å². The summed E-state index contributed by atoms with van der Waals surface area (Å²) in [6.07, 6.45) is -3.29. The number of carbonyl (C=O) groups is 2. The maximum Gasteiger partial charge on any atom is 0.434 e. The zero-order valence-electron chi connectivity index (χ0n) is 15.7. The molecular weight excluding hydrogens is 403 g/mol. The number of hydrogen-bond donors (Lipinski definition) is 2. The van der Waals surface area contributed by atoms with Gasteiger partial charge in [-0.2, -0.15) is 23.0 Å². The first-order valence-electron chi connectivity index (χ1n) is 8.88. The van der Waals surface area contributed by atoms with Crippen molar-refractivity contribution in [1.82, 2.24) is 15.2 Å². The molecule has 0 fully saturated rings. The van der Waals surface area contributed by atoms with Crippen molar-refractivity contribution in [1.29, 1.82) is 0 Å². The van der Waals surface area contributed by atoms with Crippen LogP contribution >= 0.6 is 0 Å². The summed E-state index contributed by atoms with van der Waals surface area (Å²) in [6.45, 7) is 0.342. The van der Waals surface area contributed by atoms with Crippen molar-refractivity contribution in [2.24, 2.45) is 0 Å². The molecule has 0 spiro atoms. The molecule has 0 atom stereocenters. The first-order chi connectivity index (χ1) is 14.3. The normalized spacial score (nSPS) is 13.3. The van der Waals surface area contributed by atoms with Gasteiger partial charge in [0.1, 0.15) is 0 Å². The first kappa shape index (κ1) is 19.6. The van der Waals surface area contributed by atoms with Crippen LogP contribution in [0.25, 0.3) is 10.9 Å². The fourth-order valence-corrected chi connectivity index (χ4v) is 3.36. The van der Waals surface area contributed by atoms with Crippen molar-refractivity contribution in [3.8, 4) is 0 Å². The minimum absolute atomic E-state index is 0.342. The molecule has 1 aliphatic rings. The number of anilines is 2. The van der Waals surface area contributed by atoms with E-state index in [1.165, 1.54) is 24.4 Å². The molecule has 156 valence electrons. The van der Waals surface area contributed by atoms with Gasteiger partial charge in [-0.05, 0) is 42.3 Å². The standard InChI is InChI=1S/C19H16F3N5O3/c1-30-18(29)27-16-4-2-3-14(13(16)10-23-27)24-17(28)25-26-8-7-11-9-12(19(20,21)22)5-6-15(11)26/h2-6,9-10H,7-8H2,1H3,(H2,24,25,28). The second-order valence-electron chi connectivity index (χ2n) is 6.57. The Morgan fingerprint density at radius 3 is 2.73 bits per heavy atom. The van der Waals surface area contributed by atoms with E-state index in [0.717, 1.165) is 16.8 Å². The highest BCUT2D eigenvalue weighted by Gasteiger charge is 2.32. The van der Waals surface area contributed by atoms with Crippen LogP contribution in [0.5, 0.6) is 0 Å². The molecule has 0 radical (unpaired) electrons. The van der Waals surface area contributed by atoms with Gasteiger partial charge in [0.25, 0.3) is 0 Å². The van der Waals surface area contributed by atoms with Crippen molar-refractivity contribution >= 4 is 34.4 Å². The molecule has 2 N–H and O–H groups in total. The van der Waals surface area contributed by atoms with Gasteiger partial charge in [-0.1, -0.05) is 6.07 Å². The van der Waals surface area contributed by atoms with E-state index < -0.39 is 23.9 Å². The molecule has 2 aromatic carbocycles. The fourth-order valence-electron chi connectivity index (χ4n) is 3.36. The molecular formula is C19H16F3N5O3. The maximum atomic E-state index is 12.9. The summed E-state index contributed by atoms with van der Waals surface area (Å²) in [7, 11) is 1.23. The maximum absolute atomic E-state index is 12.9. The summed E-state index contributed by atoms with van der Waals surface area (Å²) in [6, 6.07) is 7.77. The van der Waals surface area contributed by atoms with Gasteiger partial charge in [0.05, 0.1) is 35.8 Å². The number of halogens is 3. The number of alkyl halides is 3. The van der Waals surface area contributed by atoms with Gasteiger partial charge in [-0.25, -0.2) is 15.0 Å². The second kappa shape index (κ2) is 7.25. The lowest BCUT2D eigenvalue weighted by Crippen LogP contribution is -2.43. The molecule has 0 saturated carbocycles. The van der Waals surface area contributed by atoms with Crippen LogP contribution < -0.4 is 15.8 Å². The van der Waals surface area contributed by atoms with E-state index in [9.17, 15) is 22.8 Å². The van der Waals surface area contributed by atoms with Gasteiger partial charge in [-0.3, -0.25) is 5.01 Å². The van der Waals surface area contributed by atoms with Crippen molar-refractivity contribution < 1.29 is 27.5 Å². The van der Waals surface area contributed by atoms with Crippen LogP contribution in [0.2, 0.25) is 0 Å². The Morgan fingerprint density at radius 1 is 1.20 bits per heavy atom. The Morgan fingerprint density at radius 2 is 2.00 bits per heavy atom. The predicted octanol–water partition coefficient (Wildman–Crippen LogP) is 3.77. The Hall–Kier alpha value is -3.76. The molecule has 11 heteroatoms. The topological polar surface area (TPSA) is 88.5 Å². The van der Waals surface area contributed by atoms with Gasteiger partial charge in [-0.15, -0.1) is 0 Å². The lowest BCUT2D eigenvalue weighted by molar-refractivity contribution is -0.137. The molecule has 1 aliphatic heterocycles. The molecule has 3 aromatic rings. The van der Waals surface area contributed by atoms with Gasteiger partial charge < -0.3 is 10.1 Å². The lowest BCUT2D eigenvalue weighted by atomic mass is 10.1. The van der Waals surface area contributed by atoms with Gasteiger partial charge >= 0.3 is 18.3 Å². The van der Waals surface area contributed by atoms with Crippen LogP contribution in [0.1, 0.15) is 11.1 Å². The third-order valence-corrected chi connectivity index (χ3v) is 4.75. The highest BCUT2D eigenvalue weighted by Crippen LogP contribution is 2.35. The molecule has 1 aromatic heterocycles. The largest absolute Gasteiger partial charge is 0.451 e. The highest BCUT2D eigenvalue weighted by molar-refractivity contribution is 6.02. The molecule has 8 nitrogen and oxygen atoms in total. The average Bonchev–Trinajstić information content (AvgIpc) is 3.31. The molecule has 0 unspecified atom stereocenters. The fraction of sp³-hybridized carbons (Fsp3) is 0.211.